The number of phosphoric ester groups is 1. The van der Waals surface area contributed by atoms with E-state index in [4.69, 9.17) is 18.5 Å². The third-order valence-corrected chi connectivity index (χ3v) is 6.77. The molecule has 1 fully saturated rings. The van der Waals surface area contributed by atoms with E-state index in [1.807, 2.05) is 0 Å². The summed E-state index contributed by atoms with van der Waals surface area (Å²) < 4.78 is 33.4. The van der Waals surface area contributed by atoms with E-state index in [-0.39, 0.29) is 19.8 Å². The lowest BCUT2D eigenvalue weighted by Gasteiger charge is -2.38. The number of hydrogen-bond donors (Lipinski definition) is 0. The van der Waals surface area contributed by atoms with Crippen LogP contribution in [0.3, 0.4) is 0 Å². The van der Waals surface area contributed by atoms with E-state index in [1.54, 1.807) is 0 Å². The van der Waals surface area contributed by atoms with E-state index in [0.29, 0.717) is 19.8 Å². The first-order valence-electron chi connectivity index (χ1n) is 12.1. The van der Waals surface area contributed by atoms with Gasteiger partial charge in [-0.15, -0.1) is 0 Å². The third-order valence-electron chi connectivity index (χ3n) is 5.77. The summed E-state index contributed by atoms with van der Waals surface area (Å²) in [6, 6.07) is 0. The van der Waals surface area contributed by atoms with E-state index in [9.17, 15) is 9.46 Å². The molecule has 1 rings (SSSR count). The summed E-state index contributed by atoms with van der Waals surface area (Å²) in [5.74, 6) is 0. The van der Waals surface area contributed by atoms with Gasteiger partial charge >= 0.3 is 0 Å². The molecule has 0 saturated carbocycles. The van der Waals surface area contributed by atoms with Crippen LogP contribution < -0.4 is 4.89 Å². The average Bonchev–Trinajstić information content (AvgIpc) is 2.71. The Kier molecular flexibility index (Phi) is 16.4. The molecule has 1 atom stereocenters. The molecule has 7 nitrogen and oxygen atoms in total. The Bertz CT molecular complexity index is 445. The monoisotopic (exact) mass is 451 g/mol. The molecule has 30 heavy (non-hydrogen) atoms. The minimum Gasteiger partial charge on any atom is -0.756 e. The predicted octanol–water partition coefficient (Wildman–Crippen LogP) is 4.29. The fourth-order valence-electron chi connectivity index (χ4n) is 3.78. The topological polar surface area (TPSA) is 77.1 Å². The van der Waals surface area contributed by atoms with Crippen LogP contribution >= 0.6 is 7.82 Å². The number of nitrogens with zero attached hydrogens (tertiary/aromatic N) is 1. The van der Waals surface area contributed by atoms with Gasteiger partial charge in [-0.05, 0) is 25.7 Å². The highest BCUT2D eigenvalue weighted by Gasteiger charge is 2.25. The Morgan fingerprint density at radius 1 is 0.733 bits per heavy atom. The van der Waals surface area contributed by atoms with Crippen LogP contribution in [0.5, 0.6) is 0 Å². The van der Waals surface area contributed by atoms with Gasteiger partial charge in [0.1, 0.15) is 13.2 Å². The quantitative estimate of drug-likeness (QED) is 0.156. The molecular weight excluding hydrogens is 405 g/mol. The van der Waals surface area contributed by atoms with Crippen LogP contribution in [0, 0.1) is 0 Å². The number of ether oxygens (including phenoxy) is 2. The highest BCUT2D eigenvalue weighted by atomic mass is 31.2. The molecule has 0 aliphatic carbocycles. The van der Waals surface area contributed by atoms with Gasteiger partial charge in [0.05, 0.1) is 46.6 Å². The molecule has 1 aliphatic rings. The number of hydrogen-bond acceptors (Lipinski definition) is 6. The summed E-state index contributed by atoms with van der Waals surface area (Å²) in [5, 5.41) is 0. The maximum absolute atomic E-state index is 11.8. The second kappa shape index (κ2) is 17.5. The zero-order valence-electron chi connectivity index (χ0n) is 19.5. The van der Waals surface area contributed by atoms with Crippen molar-refractivity contribution in [3.63, 3.8) is 0 Å². The molecule has 8 heteroatoms. The molecule has 0 spiro atoms. The maximum atomic E-state index is 11.8. The summed E-state index contributed by atoms with van der Waals surface area (Å²) >= 11 is 0. The van der Waals surface area contributed by atoms with E-state index in [1.165, 1.54) is 64.2 Å². The standard InChI is InChI=1S/C22H46NO6P/c1-3-4-5-6-7-8-9-13-17-26-19-20-27-21-22-29-30(24,25)28-18-16-23(2)14-11-10-12-15-23/h3-22H2,1-2H3. The van der Waals surface area contributed by atoms with Crippen molar-refractivity contribution in [3.8, 4) is 0 Å². The van der Waals surface area contributed by atoms with Crippen LogP contribution in [-0.2, 0) is 23.1 Å². The third kappa shape index (κ3) is 15.7. The van der Waals surface area contributed by atoms with Crippen molar-refractivity contribution in [1.82, 2.24) is 0 Å². The zero-order valence-corrected chi connectivity index (χ0v) is 20.4. The van der Waals surface area contributed by atoms with Crippen LogP contribution in [0.25, 0.3) is 0 Å². The molecule has 1 saturated heterocycles. The van der Waals surface area contributed by atoms with Crippen molar-refractivity contribution in [2.75, 3.05) is 66.3 Å². The number of rotatable bonds is 20. The van der Waals surface area contributed by atoms with Crippen LogP contribution in [0.2, 0.25) is 0 Å². The second-order valence-electron chi connectivity index (χ2n) is 8.66. The number of phosphoric acid groups is 1. The summed E-state index contributed by atoms with van der Waals surface area (Å²) in [6.45, 7) is 7.20. The minimum atomic E-state index is -4.25. The predicted molar refractivity (Wildman–Crippen MR) is 118 cm³/mol. The second-order valence-corrected chi connectivity index (χ2v) is 10.1. The summed E-state index contributed by atoms with van der Waals surface area (Å²) in [6.07, 6.45) is 13.9. The maximum Gasteiger partial charge on any atom is 0.268 e. The van der Waals surface area contributed by atoms with Crippen molar-refractivity contribution < 1.29 is 32.5 Å². The molecular formula is C22H46NO6P. The average molecular weight is 452 g/mol. The van der Waals surface area contributed by atoms with Gasteiger partial charge in [0, 0.05) is 6.61 Å². The number of likely N-dealkylation sites (N-methyl/N-ethyl adjacent to an activating group) is 1. The van der Waals surface area contributed by atoms with E-state index in [2.05, 4.69) is 14.0 Å². The van der Waals surface area contributed by atoms with Crippen molar-refractivity contribution in [3.05, 3.63) is 0 Å². The molecule has 0 aromatic heterocycles. The Hall–Kier alpha value is -0.0100. The number of unbranched alkanes of at least 4 members (excludes halogenated alkanes) is 7. The normalized spacial score (nSPS) is 18.4. The van der Waals surface area contributed by atoms with Gasteiger partial charge < -0.3 is 27.9 Å². The molecule has 180 valence electrons. The first-order chi connectivity index (χ1) is 14.5. The molecule has 0 N–H and O–H groups in total. The van der Waals surface area contributed by atoms with Gasteiger partial charge in [0.2, 0.25) is 0 Å². The number of quaternary nitrogens is 1. The molecule has 0 aromatic carbocycles. The van der Waals surface area contributed by atoms with Gasteiger partial charge in [0.15, 0.2) is 0 Å². The van der Waals surface area contributed by atoms with Gasteiger partial charge in [-0.1, -0.05) is 51.9 Å². The van der Waals surface area contributed by atoms with Gasteiger partial charge in [-0.25, -0.2) is 0 Å². The van der Waals surface area contributed by atoms with Crippen LogP contribution in [0.15, 0.2) is 0 Å². The highest BCUT2D eigenvalue weighted by molar-refractivity contribution is 7.45. The lowest BCUT2D eigenvalue weighted by molar-refractivity contribution is -0.914. The lowest BCUT2D eigenvalue weighted by Crippen LogP contribution is -2.49. The van der Waals surface area contributed by atoms with E-state index >= 15 is 0 Å². The molecule has 0 aromatic rings. The molecule has 1 heterocycles. The minimum absolute atomic E-state index is 0.0229. The van der Waals surface area contributed by atoms with Crippen LogP contribution in [-0.4, -0.2) is 70.8 Å². The largest absolute Gasteiger partial charge is 0.756 e. The highest BCUT2D eigenvalue weighted by Crippen LogP contribution is 2.38. The molecule has 0 bridgehead atoms. The smallest absolute Gasteiger partial charge is 0.268 e. The first kappa shape index (κ1) is 28.0. The fraction of sp³-hybridized carbons (Fsp3) is 1.00. The fourth-order valence-corrected chi connectivity index (χ4v) is 4.46. The lowest BCUT2D eigenvalue weighted by atomic mass is 10.1. The van der Waals surface area contributed by atoms with Crippen LogP contribution in [0.4, 0.5) is 0 Å². The van der Waals surface area contributed by atoms with Crippen LogP contribution in [0.1, 0.15) is 77.6 Å². The Balaban J connectivity index is 1.85. The van der Waals surface area contributed by atoms with Crippen molar-refractivity contribution in [2.45, 2.75) is 77.6 Å². The number of likely N-dealkylation sites (tertiary alicyclic amines) is 1. The zero-order chi connectivity index (χ0) is 22.0. The Morgan fingerprint density at radius 3 is 1.93 bits per heavy atom. The molecule has 0 amide bonds. The summed E-state index contributed by atoms with van der Waals surface area (Å²) in [5.41, 5.74) is 0. The van der Waals surface area contributed by atoms with E-state index in [0.717, 1.165) is 30.6 Å². The summed E-state index contributed by atoms with van der Waals surface area (Å²) in [4.78, 5) is 11.8. The molecule has 0 radical (unpaired) electrons. The molecule has 1 aliphatic heterocycles. The summed E-state index contributed by atoms with van der Waals surface area (Å²) in [7, 11) is -2.09. The Labute approximate surface area is 184 Å². The first-order valence-corrected chi connectivity index (χ1v) is 13.5. The van der Waals surface area contributed by atoms with E-state index < -0.39 is 7.82 Å². The van der Waals surface area contributed by atoms with Gasteiger partial charge in [-0.3, -0.25) is 4.57 Å². The van der Waals surface area contributed by atoms with Crippen molar-refractivity contribution in [1.29, 1.82) is 0 Å². The number of piperidine rings is 1. The van der Waals surface area contributed by atoms with Gasteiger partial charge in [0.25, 0.3) is 7.82 Å². The molecule has 1 unspecified atom stereocenters. The van der Waals surface area contributed by atoms with Gasteiger partial charge in [-0.2, -0.15) is 0 Å². The SMILES string of the molecule is CCCCCCCCCCOCCOCCOP(=O)([O-])OCC[N+]1(C)CCCCC1. The van der Waals surface area contributed by atoms with Crippen molar-refractivity contribution >= 4 is 7.82 Å². The Morgan fingerprint density at radius 2 is 1.27 bits per heavy atom. The van der Waals surface area contributed by atoms with Crippen molar-refractivity contribution in [2.24, 2.45) is 0 Å².